The van der Waals surface area contributed by atoms with E-state index >= 15 is 0 Å². The first-order valence-electron chi connectivity index (χ1n) is 5.82. The predicted molar refractivity (Wildman–Crippen MR) is 80.1 cm³/mol. The number of nitro groups is 1. The fourth-order valence-electron chi connectivity index (χ4n) is 1.72. The van der Waals surface area contributed by atoms with Crippen molar-refractivity contribution < 1.29 is 14.5 Å². The van der Waals surface area contributed by atoms with Crippen LogP contribution in [-0.4, -0.2) is 17.2 Å². The number of anilines is 1. The Bertz CT molecular complexity index is 700. The zero-order chi connectivity index (χ0) is 15.4. The fourth-order valence-corrected chi connectivity index (χ4v) is 2.10. The molecule has 0 saturated heterocycles. The highest BCUT2D eigenvalue weighted by Gasteiger charge is 2.18. The largest absolute Gasteiger partial charge is 0.278 e. The van der Waals surface area contributed by atoms with Crippen molar-refractivity contribution in [3.05, 3.63) is 68.7 Å². The van der Waals surface area contributed by atoms with Gasteiger partial charge in [-0.1, -0.05) is 22.0 Å². The minimum atomic E-state index is -0.557. The van der Waals surface area contributed by atoms with E-state index in [2.05, 4.69) is 15.9 Å². The molecular weight excluding hydrogens is 340 g/mol. The topological polar surface area (TPSA) is 80.5 Å². The third-order valence-corrected chi connectivity index (χ3v) is 3.23. The van der Waals surface area contributed by atoms with Gasteiger partial charge in [0.15, 0.2) is 0 Å². The summed E-state index contributed by atoms with van der Waals surface area (Å²) in [5.74, 6) is -0.557. The zero-order valence-electron chi connectivity index (χ0n) is 10.6. The molecule has 6 nitrogen and oxygen atoms in total. The van der Waals surface area contributed by atoms with Crippen LogP contribution in [0.3, 0.4) is 0 Å². The Morgan fingerprint density at radius 1 is 1.19 bits per heavy atom. The summed E-state index contributed by atoms with van der Waals surface area (Å²) in [6.45, 7) is 0. The van der Waals surface area contributed by atoms with Gasteiger partial charge in [-0.2, -0.15) is 0 Å². The molecule has 0 radical (unpaired) electrons. The van der Waals surface area contributed by atoms with Gasteiger partial charge in [-0.15, -0.1) is 0 Å². The average molecular weight is 349 g/mol. The molecule has 0 bridgehead atoms. The lowest BCUT2D eigenvalue weighted by atomic mass is 10.1. The second kappa shape index (κ2) is 6.27. The summed E-state index contributed by atoms with van der Waals surface area (Å²) in [5, 5.41) is 10.6. The molecular formula is C14H9BrN2O4. The molecule has 106 valence electrons. The number of rotatable bonds is 4. The highest BCUT2D eigenvalue weighted by molar-refractivity contribution is 9.10. The summed E-state index contributed by atoms with van der Waals surface area (Å²) in [7, 11) is 0. The number of amides is 2. The van der Waals surface area contributed by atoms with Gasteiger partial charge in [-0.3, -0.25) is 19.7 Å². The monoisotopic (exact) mass is 348 g/mol. The molecule has 0 aromatic heterocycles. The third kappa shape index (κ3) is 3.32. The Labute approximate surface area is 128 Å². The first-order chi connectivity index (χ1) is 10.0. The van der Waals surface area contributed by atoms with Crippen LogP contribution in [-0.2, 0) is 4.79 Å². The number of hydrogen-bond donors (Lipinski definition) is 0. The van der Waals surface area contributed by atoms with E-state index in [0.29, 0.717) is 12.1 Å². The van der Waals surface area contributed by atoms with Crippen molar-refractivity contribution in [2.45, 2.75) is 0 Å². The summed E-state index contributed by atoms with van der Waals surface area (Å²) in [4.78, 5) is 34.4. The van der Waals surface area contributed by atoms with Crippen molar-refractivity contribution in [2.24, 2.45) is 0 Å². The normalized spacial score (nSPS) is 9.95. The molecule has 2 rings (SSSR count). The average Bonchev–Trinajstić information content (AvgIpc) is 2.48. The van der Waals surface area contributed by atoms with Gasteiger partial charge in [0.2, 0.25) is 6.41 Å². The number of benzene rings is 2. The van der Waals surface area contributed by atoms with Gasteiger partial charge in [0.25, 0.3) is 11.6 Å². The number of carbonyl (C=O) groups excluding carboxylic acids is 2. The summed E-state index contributed by atoms with van der Waals surface area (Å²) < 4.78 is 0.725. The summed E-state index contributed by atoms with van der Waals surface area (Å²) in [6.07, 6.45) is 0.408. The lowest BCUT2D eigenvalue weighted by Crippen LogP contribution is -2.29. The Morgan fingerprint density at radius 2 is 1.86 bits per heavy atom. The van der Waals surface area contributed by atoms with Gasteiger partial charge in [-0.25, -0.2) is 4.90 Å². The van der Waals surface area contributed by atoms with E-state index in [9.17, 15) is 19.7 Å². The maximum atomic E-state index is 12.3. The van der Waals surface area contributed by atoms with E-state index < -0.39 is 10.8 Å². The molecule has 0 unspecified atom stereocenters. The number of non-ortho nitro benzene ring substituents is 1. The smallest absolute Gasteiger partial charge is 0.269 e. The van der Waals surface area contributed by atoms with Crippen molar-refractivity contribution in [2.75, 3.05) is 4.90 Å². The van der Waals surface area contributed by atoms with Crippen LogP contribution in [0.25, 0.3) is 0 Å². The quantitative estimate of drug-likeness (QED) is 0.482. The number of halogens is 1. The molecule has 0 aliphatic heterocycles. The molecule has 2 aromatic carbocycles. The maximum absolute atomic E-state index is 12.3. The van der Waals surface area contributed by atoms with Gasteiger partial charge in [0.05, 0.1) is 10.6 Å². The maximum Gasteiger partial charge on any atom is 0.269 e. The molecule has 0 fully saturated rings. The fraction of sp³-hybridized carbons (Fsp3) is 0. The van der Waals surface area contributed by atoms with Crippen LogP contribution in [0.4, 0.5) is 11.4 Å². The molecule has 0 N–H and O–H groups in total. The molecule has 21 heavy (non-hydrogen) atoms. The van der Waals surface area contributed by atoms with Crippen molar-refractivity contribution in [3.63, 3.8) is 0 Å². The number of nitro benzene ring substituents is 1. The first-order valence-corrected chi connectivity index (χ1v) is 6.61. The number of carbonyl (C=O) groups is 2. The van der Waals surface area contributed by atoms with Gasteiger partial charge in [0, 0.05) is 22.2 Å². The van der Waals surface area contributed by atoms with Crippen LogP contribution in [0.2, 0.25) is 0 Å². The van der Waals surface area contributed by atoms with Gasteiger partial charge in [0.1, 0.15) is 0 Å². The molecule has 0 aliphatic rings. The minimum absolute atomic E-state index is 0.119. The lowest BCUT2D eigenvalue weighted by Gasteiger charge is -2.15. The van der Waals surface area contributed by atoms with Crippen LogP contribution in [0.5, 0.6) is 0 Å². The van der Waals surface area contributed by atoms with Crippen LogP contribution in [0.1, 0.15) is 10.4 Å². The third-order valence-electron chi connectivity index (χ3n) is 2.74. The molecule has 0 spiro atoms. The molecule has 0 atom stereocenters. The van der Waals surface area contributed by atoms with E-state index in [0.717, 1.165) is 9.37 Å². The molecule has 7 heteroatoms. The van der Waals surface area contributed by atoms with Crippen molar-refractivity contribution in [1.82, 2.24) is 0 Å². The van der Waals surface area contributed by atoms with Gasteiger partial charge >= 0.3 is 0 Å². The van der Waals surface area contributed by atoms with Crippen molar-refractivity contribution >= 4 is 39.6 Å². The van der Waals surface area contributed by atoms with Crippen LogP contribution in [0.15, 0.2) is 53.0 Å². The summed E-state index contributed by atoms with van der Waals surface area (Å²) in [6, 6.07) is 11.8. The Kier molecular flexibility index (Phi) is 4.44. The van der Waals surface area contributed by atoms with E-state index in [1.165, 1.54) is 24.3 Å². The van der Waals surface area contributed by atoms with E-state index in [1.807, 2.05) is 0 Å². The second-order valence-electron chi connectivity index (χ2n) is 4.06. The van der Waals surface area contributed by atoms with Crippen molar-refractivity contribution in [1.29, 1.82) is 0 Å². The predicted octanol–water partition coefficient (Wildman–Crippen LogP) is 3.16. The highest BCUT2D eigenvalue weighted by atomic mass is 79.9. The summed E-state index contributed by atoms with van der Waals surface area (Å²) in [5.41, 5.74) is 0.474. The Hall–Kier alpha value is -2.54. The van der Waals surface area contributed by atoms with Gasteiger partial charge in [-0.05, 0) is 30.3 Å². The SMILES string of the molecule is O=CN(C(=O)c1ccc([N+](=O)[O-])cc1)c1cccc(Br)c1. The molecule has 0 aliphatic carbocycles. The van der Waals surface area contributed by atoms with Crippen LogP contribution in [0, 0.1) is 10.1 Å². The standard InChI is InChI=1S/C14H9BrN2O4/c15-11-2-1-3-13(8-11)16(9-18)14(19)10-4-6-12(7-5-10)17(20)21/h1-9H. The van der Waals surface area contributed by atoms with E-state index in [-0.39, 0.29) is 11.3 Å². The number of imide groups is 1. The molecule has 2 amide bonds. The van der Waals surface area contributed by atoms with E-state index in [1.54, 1.807) is 24.3 Å². The first kappa shape index (κ1) is 14.9. The second-order valence-corrected chi connectivity index (χ2v) is 4.98. The molecule has 0 heterocycles. The Morgan fingerprint density at radius 3 is 2.38 bits per heavy atom. The van der Waals surface area contributed by atoms with Crippen LogP contribution >= 0.6 is 15.9 Å². The molecule has 0 saturated carbocycles. The lowest BCUT2D eigenvalue weighted by molar-refractivity contribution is -0.384. The van der Waals surface area contributed by atoms with Crippen LogP contribution < -0.4 is 4.90 Å². The molecule has 2 aromatic rings. The van der Waals surface area contributed by atoms with Gasteiger partial charge < -0.3 is 0 Å². The highest BCUT2D eigenvalue weighted by Crippen LogP contribution is 2.21. The Balaban J connectivity index is 2.32. The summed E-state index contributed by atoms with van der Waals surface area (Å²) >= 11 is 3.26. The number of nitrogens with zero attached hydrogens (tertiary/aromatic N) is 2. The zero-order valence-corrected chi connectivity index (χ0v) is 12.2. The minimum Gasteiger partial charge on any atom is -0.278 e. The van der Waals surface area contributed by atoms with Crippen molar-refractivity contribution in [3.8, 4) is 0 Å². The number of hydrogen-bond acceptors (Lipinski definition) is 4. The van der Waals surface area contributed by atoms with E-state index in [4.69, 9.17) is 0 Å².